The number of nitrogens with zero attached hydrogens (tertiary/aromatic N) is 1. The van der Waals surface area contributed by atoms with Crippen molar-refractivity contribution in [1.29, 1.82) is 0 Å². The molecule has 27 heavy (non-hydrogen) atoms. The van der Waals surface area contributed by atoms with Gasteiger partial charge in [-0.3, -0.25) is 4.79 Å². The maximum atomic E-state index is 12.3. The Bertz CT molecular complexity index is 726. The van der Waals surface area contributed by atoms with Crippen LogP contribution in [-0.4, -0.2) is 61.3 Å². The zero-order chi connectivity index (χ0) is 18.9. The molecule has 3 rings (SSSR count). The van der Waals surface area contributed by atoms with Crippen LogP contribution in [0.15, 0.2) is 66.7 Å². The fourth-order valence-corrected chi connectivity index (χ4v) is 3.19. The highest BCUT2D eigenvalue weighted by atomic mass is 16.5. The van der Waals surface area contributed by atoms with E-state index in [1.807, 2.05) is 71.6 Å². The minimum Gasteiger partial charge on any atom is -0.491 e. The largest absolute Gasteiger partial charge is 0.491 e. The molecule has 1 aliphatic rings. The Labute approximate surface area is 160 Å². The fourth-order valence-electron chi connectivity index (χ4n) is 3.19. The molecule has 2 aromatic carbocycles. The molecule has 0 radical (unpaired) electrons. The van der Waals surface area contributed by atoms with Gasteiger partial charge in [-0.05, 0) is 23.8 Å². The van der Waals surface area contributed by atoms with Crippen molar-refractivity contribution >= 4 is 12.0 Å². The van der Waals surface area contributed by atoms with Crippen molar-refractivity contribution in [2.24, 2.45) is 0 Å². The molecule has 5 heteroatoms. The van der Waals surface area contributed by atoms with Crippen molar-refractivity contribution in [3.05, 3.63) is 72.3 Å². The molecule has 0 bridgehead atoms. The molecule has 1 amide bonds. The quantitative estimate of drug-likeness (QED) is 0.714. The molecule has 1 fully saturated rings. The number of hydrogen-bond donors (Lipinski definition) is 2. The first kappa shape index (κ1) is 19.1. The summed E-state index contributed by atoms with van der Waals surface area (Å²) in [5, 5.41) is 10.2. The number of hydrogen-bond acceptors (Lipinski definition) is 3. The van der Waals surface area contributed by atoms with E-state index in [0.29, 0.717) is 19.6 Å². The second-order valence-corrected chi connectivity index (χ2v) is 6.80. The predicted octanol–water partition coefficient (Wildman–Crippen LogP) is 0.867. The Morgan fingerprint density at radius 1 is 1.07 bits per heavy atom. The summed E-state index contributed by atoms with van der Waals surface area (Å²) in [6.45, 7) is 4.02. The van der Waals surface area contributed by atoms with Crippen LogP contribution in [0.3, 0.4) is 0 Å². The smallest absolute Gasteiger partial charge is 0.246 e. The molecule has 1 saturated heterocycles. The van der Waals surface area contributed by atoms with Crippen LogP contribution in [0.25, 0.3) is 6.08 Å². The molecular weight excluding hydrogens is 340 g/mol. The molecular formula is C22H27N2O3+. The SMILES string of the molecule is O=C(/C=C/c1ccccc1)N1CC[NH+](C[C@@H](O)COc2ccccc2)CC1. The summed E-state index contributed by atoms with van der Waals surface area (Å²) in [4.78, 5) is 15.5. The second-order valence-electron chi connectivity index (χ2n) is 6.80. The van der Waals surface area contributed by atoms with E-state index in [4.69, 9.17) is 4.74 Å². The van der Waals surface area contributed by atoms with Gasteiger partial charge in [0.15, 0.2) is 0 Å². The molecule has 0 aliphatic carbocycles. The van der Waals surface area contributed by atoms with Crippen LogP contribution in [0.5, 0.6) is 5.75 Å². The lowest BCUT2D eigenvalue weighted by molar-refractivity contribution is -0.907. The highest BCUT2D eigenvalue weighted by Crippen LogP contribution is 2.08. The van der Waals surface area contributed by atoms with Gasteiger partial charge in [0.1, 0.15) is 25.0 Å². The summed E-state index contributed by atoms with van der Waals surface area (Å²) < 4.78 is 5.61. The van der Waals surface area contributed by atoms with E-state index in [9.17, 15) is 9.90 Å². The van der Waals surface area contributed by atoms with Gasteiger partial charge in [0.2, 0.25) is 5.91 Å². The highest BCUT2D eigenvalue weighted by Gasteiger charge is 2.24. The third-order valence-electron chi connectivity index (χ3n) is 4.71. The second kappa shape index (κ2) is 9.90. The maximum absolute atomic E-state index is 12.3. The number of ether oxygens (including phenoxy) is 1. The van der Waals surface area contributed by atoms with Gasteiger partial charge in [0.05, 0.1) is 26.2 Å². The first-order chi connectivity index (χ1) is 13.2. The molecule has 142 valence electrons. The summed E-state index contributed by atoms with van der Waals surface area (Å²) in [5.74, 6) is 0.818. The van der Waals surface area contributed by atoms with E-state index >= 15 is 0 Å². The van der Waals surface area contributed by atoms with Crippen molar-refractivity contribution in [3.63, 3.8) is 0 Å². The predicted molar refractivity (Wildman–Crippen MR) is 106 cm³/mol. The van der Waals surface area contributed by atoms with E-state index < -0.39 is 6.10 Å². The average molecular weight is 367 g/mol. The minimum atomic E-state index is -0.513. The van der Waals surface area contributed by atoms with Crippen molar-refractivity contribution in [2.45, 2.75) is 6.10 Å². The molecule has 0 aromatic heterocycles. The number of amides is 1. The van der Waals surface area contributed by atoms with Gasteiger partial charge >= 0.3 is 0 Å². The Balaban J connectivity index is 1.38. The summed E-state index contributed by atoms with van der Waals surface area (Å²) in [5.41, 5.74) is 1.02. The van der Waals surface area contributed by atoms with Gasteiger partial charge in [0.25, 0.3) is 0 Å². The Hall–Kier alpha value is -2.63. The number of benzene rings is 2. The Morgan fingerprint density at radius 3 is 2.37 bits per heavy atom. The lowest BCUT2D eigenvalue weighted by Gasteiger charge is -2.32. The minimum absolute atomic E-state index is 0.0471. The van der Waals surface area contributed by atoms with Gasteiger partial charge < -0.3 is 19.6 Å². The van der Waals surface area contributed by atoms with Crippen LogP contribution in [0.2, 0.25) is 0 Å². The molecule has 1 heterocycles. The van der Waals surface area contributed by atoms with E-state index in [-0.39, 0.29) is 12.5 Å². The third kappa shape index (κ3) is 6.24. The summed E-state index contributed by atoms with van der Waals surface area (Å²) >= 11 is 0. The van der Waals surface area contributed by atoms with Gasteiger partial charge in [-0.2, -0.15) is 0 Å². The lowest BCUT2D eigenvalue weighted by atomic mass is 10.2. The number of carbonyl (C=O) groups excluding carboxylic acids is 1. The van der Waals surface area contributed by atoms with Crippen LogP contribution in [-0.2, 0) is 4.79 Å². The van der Waals surface area contributed by atoms with E-state index in [1.165, 1.54) is 4.90 Å². The average Bonchev–Trinajstić information content (AvgIpc) is 2.72. The van der Waals surface area contributed by atoms with E-state index in [1.54, 1.807) is 6.08 Å². The van der Waals surface area contributed by atoms with Crippen molar-refractivity contribution in [3.8, 4) is 5.75 Å². The number of carbonyl (C=O) groups is 1. The number of nitrogens with one attached hydrogen (secondary N) is 1. The normalized spacial score (nSPS) is 16.4. The number of rotatable bonds is 7. The number of para-hydroxylation sites is 1. The van der Waals surface area contributed by atoms with Crippen molar-refractivity contribution < 1.29 is 19.5 Å². The van der Waals surface area contributed by atoms with Crippen LogP contribution in [0.4, 0.5) is 0 Å². The topological polar surface area (TPSA) is 54.2 Å². The zero-order valence-electron chi connectivity index (χ0n) is 15.5. The fraction of sp³-hybridized carbons (Fsp3) is 0.318. The van der Waals surface area contributed by atoms with Gasteiger partial charge in [-0.25, -0.2) is 0 Å². The molecule has 2 aromatic rings. The molecule has 1 aliphatic heterocycles. The van der Waals surface area contributed by atoms with Crippen molar-refractivity contribution in [2.75, 3.05) is 39.3 Å². The van der Waals surface area contributed by atoms with Gasteiger partial charge in [-0.15, -0.1) is 0 Å². The van der Waals surface area contributed by atoms with Crippen LogP contribution in [0, 0.1) is 0 Å². The highest BCUT2D eigenvalue weighted by molar-refractivity contribution is 5.91. The van der Waals surface area contributed by atoms with Crippen LogP contribution < -0.4 is 9.64 Å². The van der Waals surface area contributed by atoms with Gasteiger partial charge in [0, 0.05) is 6.08 Å². The summed E-state index contributed by atoms with van der Waals surface area (Å²) in [7, 11) is 0. The number of piperazine rings is 1. The van der Waals surface area contributed by atoms with Gasteiger partial charge in [-0.1, -0.05) is 48.5 Å². The zero-order valence-corrected chi connectivity index (χ0v) is 15.5. The summed E-state index contributed by atoms with van der Waals surface area (Å²) in [6.07, 6.45) is 2.98. The third-order valence-corrected chi connectivity index (χ3v) is 4.71. The molecule has 0 unspecified atom stereocenters. The first-order valence-electron chi connectivity index (χ1n) is 9.42. The number of quaternary nitrogens is 1. The molecule has 5 nitrogen and oxygen atoms in total. The number of aliphatic hydroxyl groups is 1. The van der Waals surface area contributed by atoms with E-state index in [2.05, 4.69) is 0 Å². The Morgan fingerprint density at radius 2 is 1.70 bits per heavy atom. The first-order valence-corrected chi connectivity index (χ1v) is 9.42. The Kier molecular flexibility index (Phi) is 7.02. The molecule has 1 atom stereocenters. The molecule has 2 N–H and O–H groups in total. The molecule has 0 spiro atoms. The molecule has 0 saturated carbocycles. The monoisotopic (exact) mass is 367 g/mol. The maximum Gasteiger partial charge on any atom is 0.246 e. The lowest BCUT2D eigenvalue weighted by Crippen LogP contribution is -3.15. The van der Waals surface area contributed by atoms with Crippen LogP contribution in [0.1, 0.15) is 5.56 Å². The van der Waals surface area contributed by atoms with Crippen LogP contribution >= 0.6 is 0 Å². The van der Waals surface area contributed by atoms with E-state index in [0.717, 1.165) is 24.4 Å². The van der Waals surface area contributed by atoms with Crippen molar-refractivity contribution in [1.82, 2.24) is 4.90 Å². The number of aliphatic hydroxyl groups excluding tert-OH is 1. The standard InChI is InChI=1S/C22H26N2O3/c25-20(18-27-21-9-5-2-6-10-21)17-23-13-15-24(16-14-23)22(26)12-11-19-7-3-1-4-8-19/h1-12,20,25H,13-18H2/p+1/b12-11+/t20-/m1/s1. The summed E-state index contributed by atoms with van der Waals surface area (Å²) in [6, 6.07) is 19.3.